The zero-order valence-corrected chi connectivity index (χ0v) is 30.6. The Kier molecular flexibility index (Phi) is 29.7. The summed E-state index contributed by atoms with van der Waals surface area (Å²) in [4.78, 5) is 26.4. The summed E-state index contributed by atoms with van der Waals surface area (Å²) in [5.74, 6) is -0.0952. The van der Waals surface area contributed by atoms with E-state index < -0.39 is 11.5 Å². The minimum absolute atomic E-state index is 0.0558. The second-order valence-electron chi connectivity index (χ2n) is 13.9. The topological polar surface area (TPSA) is 60.2 Å². The minimum Gasteiger partial charge on any atom is -0.319 e. The van der Waals surface area contributed by atoms with Gasteiger partial charge in [-0.1, -0.05) is 141 Å². The van der Waals surface area contributed by atoms with Gasteiger partial charge in [-0.25, -0.2) is 0 Å². The van der Waals surface area contributed by atoms with Crippen LogP contribution >= 0.6 is 0 Å². The Balaban J connectivity index is 4.09. The number of hydrogen-bond acceptors (Lipinski definition) is 3. The zero-order chi connectivity index (χ0) is 33.4. The number of carbonyl (C=O) groups excluding carboxylic acids is 2. The summed E-state index contributed by atoms with van der Waals surface area (Å²) in [5, 5.41) is 0. The molecule has 0 rings (SSSR count). The maximum absolute atomic E-state index is 13.2. The Morgan fingerprint density at radius 3 is 1.29 bits per heavy atom. The van der Waals surface area contributed by atoms with E-state index in [4.69, 9.17) is 5.73 Å². The highest BCUT2D eigenvalue weighted by Gasteiger charge is 2.42. The van der Waals surface area contributed by atoms with Crippen LogP contribution in [-0.2, 0) is 9.59 Å². The lowest BCUT2D eigenvalue weighted by Crippen LogP contribution is -2.56. The Morgan fingerprint density at radius 2 is 0.889 bits per heavy atom. The van der Waals surface area contributed by atoms with Gasteiger partial charge in [0.2, 0.25) is 0 Å². The molecule has 0 saturated heterocycles. The maximum atomic E-state index is 13.2. The van der Waals surface area contributed by atoms with Gasteiger partial charge in [-0.15, -0.1) is 0 Å². The van der Waals surface area contributed by atoms with Crippen molar-refractivity contribution in [3.8, 4) is 0 Å². The van der Waals surface area contributed by atoms with Crippen molar-refractivity contribution in [3.05, 3.63) is 48.6 Å². The molecular weight excluding hydrogens is 550 g/mol. The Bertz CT molecular complexity index is 817. The van der Waals surface area contributed by atoms with Crippen LogP contribution in [0.3, 0.4) is 0 Å². The van der Waals surface area contributed by atoms with Crippen LogP contribution < -0.4 is 5.73 Å². The van der Waals surface area contributed by atoms with Gasteiger partial charge in [-0.2, -0.15) is 0 Å². The van der Waals surface area contributed by atoms with Gasteiger partial charge < -0.3 is 5.73 Å². The molecule has 0 heterocycles. The fourth-order valence-electron chi connectivity index (χ4n) is 6.20. The van der Waals surface area contributed by atoms with Crippen LogP contribution in [0.25, 0.3) is 0 Å². The van der Waals surface area contributed by atoms with Crippen molar-refractivity contribution >= 4 is 11.6 Å². The van der Waals surface area contributed by atoms with Gasteiger partial charge in [0.15, 0.2) is 5.78 Å². The van der Waals surface area contributed by atoms with Crippen LogP contribution in [-0.4, -0.2) is 17.1 Å². The van der Waals surface area contributed by atoms with Crippen molar-refractivity contribution in [1.29, 1.82) is 0 Å². The largest absolute Gasteiger partial charge is 0.319 e. The highest BCUT2D eigenvalue weighted by molar-refractivity contribution is 5.95. The van der Waals surface area contributed by atoms with Gasteiger partial charge in [-0.05, 0) is 89.9 Å². The smallest absolute Gasteiger partial charge is 0.153 e. The van der Waals surface area contributed by atoms with Crippen LogP contribution in [0.15, 0.2) is 48.6 Å². The molecule has 3 heteroatoms. The maximum Gasteiger partial charge on any atom is 0.153 e. The molecule has 0 saturated carbocycles. The van der Waals surface area contributed by atoms with Crippen molar-refractivity contribution in [2.75, 3.05) is 0 Å². The molecule has 0 aliphatic heterocycles. The molecule has 0 aromatic heterocycles. The minimum atomic E-state index is -1.07. The summed E-state index contributed by atoms with van der Waals surface area (Å²) >= 11 is 0. The normalized spacial score (nSPS) is 14.5. The molecular formula is C42H75NO2. The molecule has 45 heavy (non-hydrogen) atoms. The van der Waals surface area contributed by atoms with E-state index in [2.05, 4.69) is 62.5 Å². The van der Waals surface area contributed by atoms with Crippen LogP contribution in [0.4, 0.5) is 0 Å². The predicted octanol–water partition coefficient (Wildman–Crippen LogP) is 12.7. The Morgan fingerprint density at radius 1 is 0.533 bits per heavy atom. The van der Waals surface area contributed by atoms with E-state index in [-0.39, 0.29) is 17.5 Å². The van der Waals surface area contributed by atoms with Crippen molar-refractivity contribution in [3.63, 3.8) is 0 Å². The first-order valence-corrected chi connectivity index (χ1v) is 19.2. The van der Waals surface area contributed by atoms with Gasteiger partial charge in [0, 0.05) is 18.8 Å². The quantitative estimate of drug-likeness (QED) is 0.0597. The lowest BCUT2D eigenvalue weighted by atomic mass is 9.72. The second kappa shape index (κ2) is 30.9. The van der Waals surface area contributed by atoms with E-state index in [1.807, 2.05) is 13.8 Å². The fourth-order valence-corrected chi connectivity index (χ4v) is 6.20. The molecule has 0 fully saturated rings. The van der Waals surface area contributed by atoms with E-state index in [0.29, 0.717) is 12.8 Å². The molecule has 0 spiro atoms. The first-order valence-electron chi connectivity index (χ1n) is 19.2. The average molecular weight is 626 g/mol. The Hall–Kier alpha value is -1.74. The lowest BCUT2D eigenvalue weighted by molar-refractivity contribution is -0.135. The van der Waals surface area contributed by atoms with Gasteiger partial charge in [0.25, 0.3) is 0 Å². The number of unbranched alkanes of at least 4 members (excludes halogenated alkanes) is 16. The first-order chi connectivity index (χ1) is 21.8. The third-order valence-electron chi connectivity index (χ3n) is 8.99. The second-order valence-corrected chi connectivity index (χ2v) is 13.9. The van der Waals surface area contributed by atoms with E-state index in [1.165, 1.54) is 77.0 Å². The lowest BCUT2D eigenvalue weighted by Gasteiger charge is -2.35. The highest BCUT2D eigenvalue weighted by atomic mass is 16.1. The monoisotopic (exact) mass is 626 g/mol. The third kappa shape index (κ3) is 25.1. The summed E-state index contributed by atoms with van der Waals surface area (Å²) < 4.78 is 0. The number of allylic oxidation sites excluding steroid dienone is 8. The van der Waals surface area contributed by atoms with Crippen LogP contribution in [0, 0.1) is 11.8 Å². The van der Waals surface area contributed by atoms with Crippen LogP contribution in [0.2, 0.25) is 0 Å². The molecule has 0 bridgehead atoms. The zero-order valence-electron chi connectivity index (χ0n) is 30.6. The number of ketones is 2. The summed E-state index contributed by atoms with van der Waals surface area (Å²) in [7, 11) is 0. The fraction of sp³-hybridized carbons (Fsp3) is 0.762. The third-order valence-corrected chi connectivity index (χ3v) is 8.99. The molecule has 2 unspecified atom stereocenters. The van der Waals surface area contributed by atoms with Gasteiger partial charge in [0.1, 0.15) is 5.78 Å². The number of rotatable bonds is 32. The molecule has 0 aliphatic carbocycles. The molecule has 0 amide bonds. The molecule has 0 aromatic carbocycles. The average Bonchev–Trinajstić information content (AvgIpc) is 3.00. The van der Waals surface area contributed by atoms with Gasteiger partial charge in [0.05, 0.1) is 5.54 Å². The van der Waals surface area contributed by atoms with E-state index in [1.54, 1.807) is 6.92 Å². The molecule has 3 nitrogen and oxygen atoms in total. The standard InChI is InChI=1S/C42H75NO2/c1-6-8-10-12-14-16-18-20-22-24-26-28-30-32-34-36-39(44)41(38(3)4)42(5,43)40(45)37-35-33-31-29-27-25-23-21-19-17-15-13-11-9-7-2/h14-17,20-23,38,41H,6-13,18-19,24-37,43H2,1-5H3/b16-14-,17-15-,22-20-,23-21-. The summed E-state index contributed by atoms with van der Waals surface area (Å²) in [6.45, 7) is 10.4. The molecule has 0 aliphatic rings. The molecule has 260 valence electrons. The van der Waals surface area contributed by atoms with Crippen molar-refractivity contribution < 1.29 is 9.59 Å². The van der Waals surface area contributed by atoms with Crippen molar-refractivity contribution in [2.45, 2.75) is 194 Å². The first kappa shape index (κ1) is 43.3. The molecule has 2 atom stereocenters. The number of Topliss-reactive ketones (excluding diaryl/α,β-unsaturated/α-hetero) is 2. The highest BCUT2D eigenvalue weighted by Crippen LogP contribution is 2.29. The van der Waals surface area contributed by atoms with E-state index in [9.17, 15) is 9.59 Å². The van der Waals surface area contributed by atoms with Crippen LogP contribution in [0.5, 0.6) is 0 Å². The van der Waals surface area contributed by atoms with Crippen molar-refractivity contribution in [2.24, 2.45) is 17.6 Å². The SMILES string of the molecule is CCCCC/C=C\C/C=C\CCCCCCCC(=O)C(C(C)C)C(C)(N)C(=O)CCCCCCC/C=C\C/C=C\CCCCC. The molecule has 2 N–H and O–H groups in total. The predicted molar refractivity (Wildman–Crippen MR) is 200 cm³/mol. The number of carbonyl (C=O) groups is 2. The summed E-state index contributed by atoms with van der Waals surface area (Å²) in [6.07, 6.45) is 45.0. The number of nitrogens with two attached hydrogens (primary N) is 1. The van der Waals surface area contributed by atoms with Gasteiger partial charge >= 0.3 is 0 Å². The molecule has 0 radical (unpaired) electrons. The summed E-state index contributed by atoms with van der Waals surface area (Å²) in [5.41, 5.74) is 5.56. The number of hydrogen-bond donors (Lipinski definition) is 1. The van der Waals surface area contributed by atoms with E-state index >= 15 is 0 Å². The summed E-state index contributed by atoms with van der Waals surface area (Å²) in [6, 6.07) is 0. The van der Waals surface area contributed by atoms with Crippen LogP contribution in [0.1, 0.15) is 189 Å². The van der Waals surface area contributed by atoms with E-state index in [0.717, 1.165) is 64.2 Å². The molecule has 0 aromatic rings. The van der Waals surface area contributed by atoms with Gasteiger partial charge in [-0.3, -0.25) is 9.59 Å². The Labute approximate surface area is 281 Å². The van der Waals surface area contributed by atoms with Crippen molar-refractivity contribution in [1.82, 2.24) is 0 Å².